The first-order valence-corrected chi connectivity index (χ1v) is 7.17. The molecule has 108 valence electrons. The van der Waals surface area contributed by atoms with Crippen LogP contribution in [0, 0.1) is 11.6 Å². The third-order valence-electron chi connectivity index (χ3n) is 2.99. The van der Waals surface area contributed by atoms with Crippen molar-refractivity contribution in [3.8, 4) is 5.69 Å². The van der Waals surface area contributed by atoms with Crippen LogP contribution in [0.1, 0.15) is 5.82 Å². The second-order valence-corrected chi connectivity index (χ2v) is 5.49. The normalized spacial score (nSPS) is 11.3. The molecule has 0 N–H and O–H groups in total. The lowest BCUT2D eigenvalue weighted by atomic mass is 10.2. The average Bonchev–Trinajstić information content (AvgIpc) is 2.75. The number of benzene rings is 2. The van der Waals surface area contributed by atoms with Gasteiger partial charge >= 0.3 is 0 Å². The molecule has 1 aromatic heterocycles. The third-order valence-corrected chi connectivity index (χ3v) is 3.74. The second kappa shape index (κ2) is 5.44. The predicted octanol–water partition coefficient (Wildman–Crippen LogP) is 5.35. The molecule has 0 bridgehead atoms. The zero-order valence-corrected chi connectivity index (χ0v) is 12.6. The summed E-state index contributed by atoms with van der Waals surface area (Å²) in [6.45, 7) is 0. The lowest BCUT2D eigenvalue weighted by Crippen LogP contribution is -2.00. The van der Waals surface area contributed by atoms with Crippen molar-refractivity contribution in [2.75, 3.05) is 0 Å². The van der Waals surface area contributed by atoms with Crippen molar-refractivity contribution in [3.05, 3.63) is 57.8 Å². The van der Waals surface area contributed by atoms with E-state index in [1.807, 2.05) is 0 Å². The molecular formula is C14H7Cl3F2N2. The van der Waals surface area contributed by atoms with E-state index in [-0.39, 0.29) is 15.9 Å². The topological polar surface area (TPSA) is 17.8 Å². The van der Waals surface area contributed by atoms with Gasteiger partial charge in [-0.3, -0.25) is 4.57 Å². The van der Waals surface area contributed by atoms with Crippen LogP contribution in [-0.4, -0.2) is 9.55 Å². The predicted molar refractivity (Wildman–Crippen MR) is 80.6 cm³/mol. The van der Waals surface area contributed by atoms with Crippen LogP contribution in [0.3, 0.4) is 0 Å². The maximum Gasteiger partial charge on any atom is 0.144 e. The van der Waals surface area contributed by atoms with Gasteiger partial charge in [-0.2, -0.15) is 0 Å². The van der Waals surface area contributed by atoms with Gasteiger partial charge in [0.1, 0.15) is 17.5 Å². The molecule has 0 aliphatic rings. The zero-order chi connectivity index (χ0) is 15.1. The van der Waals surface area contributed by atoms with E-state index in [1.165, 1.54) is 24.3 Å². The van der Waals surface area contributed by atoms with Gasteiger partial charge in [0.15, 0.2) is 0 Å². The largest absolute Gasteiger partial charge is 0.295 e. The van der Waals surface area contributed by atoms with Crippen LogP contribution in [0.5, 0.6) is 0 Å². The van der Waals surface area contributed by atoms with E-state index in [1.54, 1.807) is 10.6 Å². The standard InChI is InChI=1S/C14H7Cl3F2N2/c15-6-14-20-12-5-11(19)10(17)4-13(12)21(14)9-2-7(16)1-8(18)3-9/h1-5H,6H2. The van der Waals surface area contributed by atoms with Crippen molar-refractivity contribution in [2.24, 2.45) is 0 Å². The molecule has 0 aliphatic carbocycles. The van der Waals surface area contributed by atoms with Crippen LogP contribution in [0.25, 0.3) is 16.7 Å². The van der Waals surface area contributed by atoms with Crippen LogP contribution >= 0.6 is 34.8 Å². The average molecular weight is 348 g/mol. The first kappa shape index (κ1) is 14.6. The number of nitrogens with zero attached hydrogens (tertiary/aromatic N) is 2. The van der Waals surface area contributed by atoms with Gasteiger partial charge in [-0.1, -0.05) is 23.2 Å². The number of hydrogen-bond acceptors (Lipinski definition) is 1. The van der Waals surface area contributed by atoms with Gasteiger partial charge < -0.3 is 0 Å². The molecule has 3 rings (SSSR count). The van der Waals surface area contributed by atoms with Gasteiger partial charge in [0.25, 0.3) is 0 Å². The highest BCUT2D eigenvalue weighted by Crippen LogP contribution is 2.28. The minimum Gasteiger partial charge on any atom is -0.295 e. The molecule has 0 aliphatic heterocycles. The summed E-state index contributed by atoms with van der Waals surface area (Å²) in [5.41, 5.74) is 1.35. The van der Waals surface area contributed by atoms with E-state index in [4.69, 9.17) is 34.8 Å². The first-order chi connectivity index (χ1) is 9.99. The summed E-state index contributed by atoms with van der Waals surface area (Å²) in [5.74, 6) is -0.558. The molecule has 2 aromatic carbocycles. The molecule has 21 heavy (non-hydrogen) atoms. The number of aromatic nitrogens is 2. The number of rotatable bonds is 2. The van der Waals surface area contributed by atoms with E-state index < -0.39 is 11.6 Å². The summed E-state index contributed by atoms with van der Waals surface area (Å²) in [5, 5.41) is 0.188. The zero-order valence-electron chi connectivity index (χ0n) is 10.4. The fraction of sp³-hybridized carbons (Fsp3) is 0.0714. The summed E-state index contributed by atoms with van der Waals surface area (Å²) >= 11 is 17.6. The lowest BCUT2D eigenvalue weighted by Gasteiger charge is -2.09. The van der Waals surface area contributed by atoms with E-state index in [0.29, 0.717) is 22.5 Å². The van der Waals surface area contributed by atoms with Crippen molar-refractivity contribution >= 4 is 45.8 Å². The van der Waals surface area contributed by atoms with Crippen molar-refractivity contribution in [1.82, 2.24) is 9.55 Å². The number of halogens is 5. The highest BCUT2D eigenvalue weighted by molar-refractivity contribution is 6.31. The minimum atomic E-state index is -0.577. The Morgan fingerprint density at radius 1 is 1.05 bits per heavy atom. The smallest absolute Gasteiger partial charge is 0.144 e. The van der Waals surface area contributed by atoms with Crippen LogP contribution < -0.4 is 0 Å². The van der Waals surface area contributed by atoms with E-state index in [2.05, 4.69) is 4.98 Å². The highest BCUT2D eigenvalue weighted by Gasteiger charge is 2.15. The minimum absolute atomic E-state index is 0.0488. The Labute approximate surface area is 133 Å². The van der Waals surface area contributed by atoms with Gasteiger partial charge in [-0.25, -0.2) is 13.8 Å². The Hall–Kier alpha value is -1.36. The van der Waals surface area contributed by atoms with Crippen molar-refractivity contribution in [2.45, 2.75) is 5.88 Å². The molecule has 0 unspecified atom stereocenters. The monoisotopic (exact) mass is 346 g/mol. The second-order valence-electron chi connectivity index (χ2n) is 4.38. The van der Waals surface area contributed by atoms with Crippen molar-refractivity contribution in [1.29, 1.82) is 0 Å². The Morgan fingerprint density at radius 2 is 1.81 bits per heavy atom. The summed E-state index contributed by atoms with van der Waals surface area (Å²) in [6.07, 6.45) is 0. The van der Waals surface area contributed by atoms with Crippen LogP contribution in [0.15, 0.2) is 30.3 Å². The van der Waals surface area contributed by atoms with E-state index >= 15 is 0 Å². The first-order valence-electron chi connectivity index (χ1n) is 5.88. The SMILES string of the molecule is Fc1cc(Cl)cc(-n2c(CCl)nc3cc(F)c(Cl)cc32)c1. The molecule has 0 saturated carbocycles. The summed E-state index contributed by atoms with van der Waals surface area (Å²) < 4.78 is 28.7. The molecule has 7 heteroatoms. The van der Waals surface area contributed by atoms with Crippen molar-refractivity contribution < 1.29 is 8.78 Å². The quantitative estimate of drug-likeness (QED) is 0.571. The molecule has 0 spiro atoms. The summed E-state index contributed by atoms with van der Waals surface area (Å²) in [4.78, 5) is 4.24. The summed E-state index contributed by atoms with van der Waals surface area (Å²) in [6, 6.07) is 6.69. The number of fused-ring (bicyclic) bond motifs is 1. The maximum atomic E-state index is 13.6. The molecule has 3 aromatic rings. The lowest BCUT2D eigenvalue weighted by molar-refractivity contribution is 0.626. The fourth-order valence-corrected chi connectivity index (χ4v) is 2.72. The molecule has 0 atom stereocenters. The van der Waals surface area contributed by atoms with E-state index in [9.17, 15) is 8.78 Å². The van der Waals surface area contributed by atoms with Gasteiger partial charge in [-0.15, -0.1) is 11.6 Å². The van der Waals surface area contributed by atoms with Crippen molar-refractivity contribution in [3.63, 3.8) is 0 Å². The number of hydrogen-bond donors (Lipinski definition) is 0. The van der Waals surface area contributed by atoms with Gasteiger partial charge in [0.2, 0.25) is 0 Å². The Morgan fingerprint density at radius 3 is 2.48 bits per heavy atom. The molecular weight excluding hydrogens is 341 g/mol. The molecule has 1 heterocycles. The van der Waals surface area contributed by atoms with Gasteiger partial charge in [-0.05, 0) is 24.3 Å². The molecule has 0 fully saturated rings. The fourth-order valence-electron chi connectivity index (χ4n) is 2.17. The number of imidazole rings is 1. The van der Waals surface area contributed by atoms with E-state index in [0.717, 1.165) is 0 Å². The molecule has 0 radical (unpaired) electrons. The Kier molecular flexibility index (Phi) is 3.78. The summed E-state index contributed by atoms with van der Waals surface area (Å²) in [7, 11) is 0. The Balaban J connectivity index is 2.36. The van der Waals surface area contributed by atoms with Gasteiger partial charge in [0.05, 0.1) is 27.6 Å². The molecule has 0 amide bonds. The molecule has 0 saturated heterocycles. The van der Waals surface area contributed by atoms with Gasteiger partial charge in [0, 0.05) is 11.1 Å². The number of alkyl halides is 1. The Bertz CT molecular complexity index is 826. The van der Waals surface area contributed by atoms with Crippen LogP contribution in [0.2, 0.25) is 10.0 Å². The maximum absolute atomic E-state index is 13.6. The van der Waals surface area contributed by atoms with Crippen LogP contribution in [-0.2, 0) is 5.88 Å². The third kappa shape index (κ3) is 2.59. The molecule has 2 nitrogen and oxygen atoms in total. The highest BCUT2D eigenvalue weighted by atomic mass is 35.5. The van der Waals surface area contributed by atoms with Crippen LogP contribution in [0.4, 0.5) is 8.78 Å².